The number of aromatic nitrogens is 4. The Balaban J connectivity index is 2.55. The number of rotatable bonds is 5. The zero-order valence-electron chi connectivity index (χ0n) is 11.4. The molecule has 1 heterocycles. The lowest BCUT2D eigenvalue weighted by Crippen LogP contribution is -2.40. The number of tetrazole rings is 1. The fourth-order valence-electron chi connectivity index (χ4n) is 1.62. The van der Waals surface area contributed by atoms with E-state index in [0.717, 1.165) is 12.2 Å². The first kappa shape index (κ1) is 14.1. The Bertz CT molecular complexity index is 340. The molecule has 1 rings (SSSR count). The first-order valence-corrected chi connectivity index (χ1v) is 6.02. The van der Waals surface area contributed by atoms with E-state index >= 15 is 0 Å². The fraction of sp³-hybridized carbons (Fsp3) is 0.909. The molecule has 1 aromatic heterocycles. The molecule has 3 N–H and O–H groups in total. The Labute approximate surface area is 103 Å². The lowest BCUT2D eigenvalue weighted by molar-refractivity contribution is 0.221. The van der Waals surface area contributed by atoms with Crippen molar-refractivity contribution in [2.75, 3.05) is 0 Å². The van der Waals surface area contributed by atoms with Crippen molar-refractivity contribution in [2.24, 2.45) is 24.2 Å². The summed E-state index contributed by atoms with van der Waals surface area (Å²) in [6.07, 6.45) is 1.71. The molecule has 0 fully saturated rings. The van der Waals surface area contributed by atoms with Gasteiger partial charge < -0.3 is 0 Å². The zero-order valence-corrected chi connectivity index (χ0v) is 11.4. The van der Waals surface area contributed by atoms with E-state index in [9.17, 15) is 0 Å². The van der Waals surface area contributed by atoms with Crippen LogP contribution in [0.3, 0.4) is 0 Å². The zero-order chi connectivity index (χ0) is 13.1. The molecular formula is C11H24N6. The molecule has 0 aliphatic heterocycles. The maximum Gasteiger partial charge on any atom is 0.176 e. The second kappa shape index (κ2) is 5.55. The topological polar surface area (TPSA) is 81.7 Å². The predicted molar refractivity (Wildman–Crippen MR) is 66.8 cm³/mol. The van der Waals surface area contributed by atoms with Crippen LogP contribution in [0, 0.1) is 11.3 Å². The monoisotopic (exact) mass is 240 g/mol. The number of aryl methyl sites for hydroxylation is 1. The van der Waals surface area contributed by atoms with Crippen molar-refractivity contribution < 1.29 is 0 Å². The molecule has 2 atom stereocenters. The summed E-state index contributed by atoms with van der Waals surface area (Å²) in [6.45, 7) is 8.97. The molecule has 0 spiro atoms. The summed E-state index contributed by atoms with van der Waals surface area (Å²) in [6, 6.07) is 0.188. The lowest BCUT2D eigenvalue weighted by atomic mass is 9.78. The van der Waals surface area contributed by atoms with Gasteiger partial charge in [0.2, 0.25) is 0 Å². The highest BCUT2D eigenvalue weighted by molar-refractivity contribution is 4.86. The molecule has 0 radical (unpaired) electrons. The van der Waals surface area contributed by atoms with E-state index in [1.54, 1.807) is 7.05 Å². The molecule has 0 amide bonds. The van der Waals surface area contributed by atoms with Gasteiger partial charge in [0.25, 0.3) is 0 Å². The molecule has 1 aromatic rings. The van der Waals surface area contributed by atoms with E-state index in [-0.39, 0.29) is 11.5 Å². The van der Waals surface area contributed by atoms with Gasteiger partial charge in [-0.3, -0.25) is 11.3 Å². The standard InChI is InChI=1S/C11H24N6/c1-8(11(2,3)4)6-9(13-12)7-10-14-16-17(5)15-10/h8-9,13H,6-7,12H2,1-5H3. The van der Waals surface area contributed by atoms with Crippen LogP contribution in [0.5, 0.6) is 0 Å². The molecule has 2 unspecified atom stereocenters. The van der Waals surface area contributed by atoms with E-state index in [4.69, 9.17) is 5.84 Å². The lowest BCUT2D eigenvalue weighted by Gasteiger charge is -2.30. The molecule has 17 heavy (non-hydrogen) atoms. The van der Waals surface area contributed by atoms with E-state index in [1.807, 2.05) is 0 Å². The van der Waals surface area contributed by atoms with Crippen LogP contribution in [0.4, 0.5) is 0 Å². The summed E-state index contributed by atoms with van der Waals surface area (Å²) in [5.74, 6) is 6.89. The first-order chi connectivity index (χ1) is 7.82. The summed E-state index contributed by atoms with van der Waals surface area (Å²) in [7, 11) is 1.76. The van der Waals surface area contributed by atoms with Gasteiger partial charge in [0, 0.05) is 12.5 Å². The van der Waals surface area contributed by atoms with Crippen LogP contribution < -0.4 is 11.3 Å². The SMILES string of the molecule is CC(CC(Cc1nnn(C)n1)NN)C(C)(C)C. The number of nitrogens with one attached hydrogen (secondary N) is 1. The van der Waals surface area contributed by atoms with Gasteiger partial charge in [-0.15, -0.1) is 10.2 Å². The van der Waals surface area contributed by atoms with Crippen molar-refractivity contribution >= 4 is 0 Å². The van der Waals surface area contributed by atoms with Gasteiger partial charge in [-0.2, -0.15) is 4.80 Å². The maximum atomic E-state index is 5.59. The Morgan fingerprint density at radius 1 is 1.41 bits per heavy atom. The maximum absolute atomic E-state index is 5.59. The van der Waals surface area contributed by atoms with Crippen LogP contribution in [-0.2, 0) is 13.5 Å². The second-order valence-electron chi connectivity index (χ2n) is 5.77. The fourth-order valence-corrected chi connectivity index (χ4v) is 1.62. The molecule has 0 aromatic carbocycles. The molecule has 0 aliphatic carbocycles. The minimum Gasteiger partial charge on any atom is -0.271 e. The number of hydrogen-bond donors (Lipinski definition) is 2. The third-order valence-corrected chi connectivity index (χ3v) is 3.33. The third-order valence-electron chi connectivity index (χ3n) is 3.33. The molecular weight excluding hydrogens is 216 g/mol. The normalized spacial score (nSPS) is 15.9. The number of hydrazine groups is 1. The van der Waals surface area contributed by atoms with Crippen molar-refractivity contribution in [2.45, 2.75) is 46.6 Å². The highest BCUT2D eigenvalue weighted by Crippen LogP contribution is 2.29. The molecule has 6 heteroatoms. The van der Waals surface area contributed by atoms with Gasteiger partial charge in [-0.25, -0.2) is 0 Å². The smallest absolute Gasteiger partial charge is 0.176 e. The van der Waals surface area contributed by atoms with Crippen LogP contribution in [0.1, 0.15) is 39.9 Å². The number of nitrogens with zero attached hydrogens (tertiary/aromatic N) is 4. The summed E-state index contributed by atoms with van der Waals surface area (Å²) >= 11 is 0. The summed E-state index contributed by atoms with van der Waals surface area (Å²) < 4.78 is 0. The summed E-state index contributed by atoms with van der Waals surface area (Å²) in [4.78, 5) is 1.47. The Kier molecular flexibility index (Phi) is 4.59. The van der Waals surface area contributed by atoms with E-state index in [2.05, 4.69) is 48.5 Å². The minimum absolute atomic E-state index is 0.188. The predicted octanol–water partition coefficient (Wildman–Crippen LogP) is 0.657. The third kappa shape index (κ3) is 4.40. The Morgan fingerprint density at radius 2 is 2.06 bits per heavy atom. The van der Waals surface area contributed by atoms with Crippen LogP contribution in [0.15, 0.2) is 0 Å². The van der Waals surface area contributed by atoms with E-state index in [0.29, 0.717) is 12.3 Å². The van der Waals surface area contributed by atoms with Crippen LogP contribution in [0.2, 0.25) is 0 Å². The van der Waals surface area contributed by atoms with Crippen molar-refractivity contribution in [3.63, 3.8) is 0 Å². The number of nitrogens with two attached hydrogens (primary N) is 1. The minimum atomic E-state index is 0.188. The van der Waals surface area contributed by atoms with Crippen LogP contribution >= 0.6 is 0 Å². The van der Waals surface area contributed by atoms with Crippen molar-refractivity contribution in [1.82, 2.24) is 25.6 Å². The van der Waals surface area contributed by atoms with Crippen LogP contribution in [-0.4, -0.2) is 26.2 Å². The van der Waals surface area contributed by atoms with Gasteiger partial charge in [-0.1, -0.05) is 27.7 Å². The van der Waals surface area contributed by atoms with Gasteiger partial charge >= 0.3 is 0 Å². The average Bonchev–Trinajstić information content (AvgIpc) is 2.61. The summed E-state index contributed by atoms with van der Waals surface area (Å²) in [5.41, 5.74) is 3.13. The first-order valence-electron chi connectivity index (χ1n) is 6.02. The Hall–Kier alpha value is -1.01. The number of hydrogen-bond acceptors (Lipinski definition) is 5. The van der Waals surface area contributed by atoms with Gasteiger partial charge in [0.15, 0.2) is 5.82 Å². The molecule has 0 saturated heterocycles. The molecule has 98 valence electrons. The highest BCUT2D eigenvalue weighted by Gasteiger charge is 2.24. The van der Waals surface area contributed by atoms with Crippen molar-refractivity contribution in [3.05, 3.63) is 5.82 Å². The average molecular weight is 240 g/mol. The molecule has 0 bridgehead atoms. The second-order valence-corrected chi connectivity index (χ2v) is 5.77. The van der Waals surface area contributed by atoms with Crippen molar-refractivity contribution in [1.29, 1.82) is 0 Å². The van der Waals surface area contributed by atoms with E-state index in [1.165, 1.54) is 4.80 Å². The molecule has 0 aliphatic rings. The largest absolute Gasteiger partial charge is 0.271 e. The van der Waals surface area contributed by atoms with Gasteiger partial charge in [-0.05, 0) is 23.0 Å². The summed E-state index contributed by atoms with van der Waals surface area (Å²) in [5, 5.41) is 12.0. The Morgan fingerprint density at radius 3 is 2.47 bits per heavy atom. The molecule has 6 nitrogen and oxygen atoms in total. The molecule has 0 saturated carbocycles. The highest BCUT2D eigenvalue weighted by atomic mass is 15.6. The van der Waals surface area contributed by atoms with Crippen molar-refractivity contribution in [3.8, 4) is 0 Å². The van der Waals surface area contributed by atoms with Gasteiger partial charge in [0.1, 0.15) is 0 Å². The van der Waals surface area contributed by atoms with Crippen LogP contribution in [0.25, 0.3) is 0 Å². The quantitative estimate of drug-likeness (QED) is 0.583. The van der Waals surface area contributed by atoms with Gasteiger partial charge in [0.05, 0.1) is 7.05 Å². The van der Waals surface area contributed by atoms with E-state index < -0.39 is 0 Å².